The van der Waals surface area contributed by atoms with Gasteiger partial charge in [0.05, 0.1) is 20.3 Å². The quantitative estimate of drug-likeness (QED) is 0.796. The molecule has 10 heteroatoms. The minimum absolute atomic E-state index is 0.109. The van der Waals surface area contributed by atoms with Crippen LogP contribution < -0.4 is 4.90 Å². The van der Waals surface area contributed by atoms with Crippen molar-refractivity contribution in [3.05, 3.63) is 23.7 Å². The summed E-state index contributed by atoms with van der Waals surface area (Å²) in [5.41, 5.74) is 0. The fourth-order valence-corrected chi connectivity index (χ4v) is 1.47. The van der Waals surface area contributed by atoms with Crippen LogP contribution in [0.25, 0.3) is 6.08 Å². The molecule has 0 aliphatic heterocycles. The maximum Gasteiger partial charge on any atom is 0.250 e. The van der Waals surface area contributed by atoms with Crippen LogP contribution >= 0.6 is 69.6 Å². The number of halogens is 6. The summed E-state index contributed by atoms with van der Waals surface area (Å²) in [6, 6.07) is 0. The smallest absolute Gasteiger partial charge is 0.250 e. The van der Waals surface area contributed by atoms with E-state index in [1.54, 1.807) is 12.3 Å². The van der Waals surface area contributed by atoms with E-state index in [0.29, 0.717) is 0 Å². The number of nitrogens with zero attached hydrogens (tertiary/aromatic N) is 3. The number of nitrogens with one attached hydrogen (secondary N) is 1. The first kappa shape index (κ1) is 17.5. The van der Waals surface area contributed by atoms with E-state index in [4.69, 9.17) is 69.6 Å². The Bertz CT molecular complexity index is 444. The van der Waals surface area contributed by atoms with E-state index in [-0.39, 0.29) is 17.5 Å². The van der Waals surface area contributed by atoms with Crippen LogP contribution in [0, 0.1) is 0 Å². The van der Waals surface area contributed by atoms with E-state index in [1.807, 2.05) is 14.1 Å². The molecule has 0 aliphatic rings. The SMILES string of the molecule is C[NH+](C)/C=C\c1nc(C(Cl)(Cl)Cl)nc(C(Cl)(Cl)Cl)n1. The number of hydrogen-bond acceptors (Lipinski definition) is 3. The van der Waals surface area contributed by atoms with Gasteiger partial charge in [0.1, 0.15) is 0 Å². The standard InChI is InChI=1S/C9H8Cl6N4/c1-19(2)4-3-5-16-6(8(10,11)12)18-7(17-5)9(13,14)15/h3-4H,1-2H3/p+1/b4-3-. The fourth-order valence-electron chi connectivity index (χ4n) is 0.962. The Morgan fingerprint density at radius 1 is 0.842 bits per heavy atom. The highest BCUT2D eigenvalue weighted by molar-refractivity contribution is 6.67. The molecular weight excluding hydrogens is 377 g/mol. The number of alkyl halides is 6. The van der Waals surface area contributed by atoms with Gasteiger partial charge in [-0.1, -0.05) is 69.6 Å². The second-order valence-corrected chi connectivity index (χ2v) is 8.31. The van der Waals surface area contributed by atoms with Gasteiger partial charge in [-0.3, -0.25) is 0 Å². The Morgan fingerprint density at radius 2 is 1.26 bits per heavy atom. The van der Waals surface area contributed by atoms with E-state index in [2.05, 4.69) is 15.0 Å². The largest absolute Gasteiger partial charge is 0.313 e. The van der Waals surface area contributed by atoms with Crippen LogP contribution in [-0.2, 0) is 7.59 Å². The van der Waals surface area contributed by atoms with Crippen LogP contribution in [0.5, 0.6) is 0 Å². The van der Waals surface area contributed by atoms with Crippen LogP contribution in [0.1, 0.15) is 17.5 Å². The summed E-state index contributed by atoms with van der Waals surface area (Å²) in [6.07, 6.45) is 3.39. The molecule has 0 bridgehead atoms. The Balaban J connectivity index is 3.33. The lowest BCUT2D eigenvalue weighted by molar-refractivity contribution is -0.800. The van der Waals surface area contributed by atoms with Crippen LogP contribution in [0.15, 0.2) is 6.20 Å². The van der Waals surface area contributed by atoms with Gasteiger partial charge in [0.25, 0.3) is 0 Å². The highest BCUT2D eigenvalue weighted by Crippen LogP contribution is 2.39. The summed E-state index contributed by atoms with van der Waals surface area (Å²) in [7, 11) is 3.81. The van der Waals surface area contributed by atoms with Crippen molar-refractivity contribution in [1.82, 2.24) is 15.0 Å². The number of aromatic nitrogens is 3. The molecule has 19 heavy (non-hydrogen) atoms. The maximum atomic E-state index is 5.73. The van der Waals surface area contributed by atoms with Gasteiger partial charge in [-0.25, -0.2) is 15.0 Å². The van der Waals surface area contributed by atoms with Gasteiger partial charge in [-0.2, -0.15) is 0 Å². The molecule has 1 aromatic heterocycles. The molecule has 1 heterocycles. The van der Waals surface area contributed by atoms with Crippen LogP contribution in [-0.4, -0.2) is 29.0 Å². The Morgan fingerprint density at radius 3 is 1.58 bits per heavy atom. The average molecular weight is 386 g/mol. The molecule has 1 N–H and O–H groups in total. The second-order valence-electron chi connectivity index (χ2n) is 3.75. The predicted octanol–water partition coefficient (Wildman–Crippen LogP) is 2.64. The van der Waals surface area contributed by atoms with E-state index in [9.17, 15) is 0 Å². The normalized spacial score (nSPS) is 13.5. The molecule has 0 amide bonds. The monoisotopic (exact) mass is 383 g/mol. The molecule has 0 aliphatic carbocycles. The van der Waals surface area contributed by atoms with Crippen LogP contribution in [0.2, 0.25) is 0 Å². The van der Waals surface area contributed by atoms with Crippen molar-refractivity contribution in [2.45, 2.75) is 7.59 Å². The predicted molar refractivity (Wildman–Crippen MR) is 80.1 cm³/mol. The summed E-state index contributed by atoms with van der Waals surface area (Å²) in [5, 5.41) is 0. The van der Waals surface area contributed by atoms with E-state index < -0.39 is 7.59 Å². The van der Waals surface area contributed by atoms with Crippen molar-refractivity contribution >= 4 is 75.7 Å². The summed E-state index contributed by atoms with van der Waals surface area (Å²) >= 11 is 34.4. The lowest BCUT2D eigenvalue weighted by atomic mass is 10.5. The topological polar surface area (TPSA) is 43.1 Å². The van der Waals surface area contributed by atoms with Gasteiger partial charge in [-0.05, 0) is 0 Å². The molecule has 106 valence electrons. The van der Waals surface area contributed by atoms with Crippen molar-refractivity contribution in [3.8, 4) is 0 Å². The summed E-state index contributed by atoms with van der Waals surface area (Å²) in [6.45, 7) is 0. The third kappa shape index (κ3) is 5.76. The number of rotatable bonds is 2. The molecule has 0 saturated carbocycles. The van der Waals surface area contributed by atoms with Crippen molar-refractivity contribution in [2.24, 2.45) is 0 Å². The minimum atomic E-state index is -1.83. The average Bonchev–Trinajstić information content (AvgIpc) is 2.23. The second kappa shape index (κ2) is 6.48. The van der Waals surface area contributed by atoms with Gasteiger partial charge in [0.2, 0.25) is 7.59 Å². The molecule has 4 nitrogen and oxygen atoms in total. The third-order valence-corrected chi connectivity index (χ3v) is 2.74. The molecule has 0 fully saturated rings. The lowest BCUT2D eigenvalue weighted by Crippen LogP contribution is -3.00. The Labute approximate surface area is 140 Å². The number of hydrogen-bond donors (Lipinski definition) is 1. The molecule has 1 rings (SSSR count). The highest BCUT2D eigenvalue weighted by atomic mass is 35.6. The summed E-state index contributed by atoms with van der Waals surface area (Å²) in [5.74, 6) is 0.0170. The first-order chi connectivity index (χ1) is 8.50. The first-order valence-electron chi connectivity index (χ1n) is 4.89. The molecule has 0 saturated heterocycles. The zero-order valence-corrected chi connectivity index (χ0v) is 14.3. The Kier molecular flexibility index (Phi) is 5.97. The van der Waals surface area contributed by atoms with Gasteiger partial charge in [0, 0.05) is 6.08 Å². The zero-order chi connectivity index (χ0) is 14.8. The molecule has 0 unspecified atom stereocenters. The molecule has 1 aromatic rings. The molecule has 0 radical (unpaired) electrons. The zero-order valence-electron chi connectivity index (χ0n) is 9.76. The van der Waals surface area contributed by atoms with Gasteiger partial charge in [0.15, 0.2) is 17.5 Å². The lowest BCUT2D eigenvalue weighted by Gasteiger charge is -2.14. The van der Waals surface area contributed by atoms with E-state index >= 15 is 0 Å². The van der Waals surface area contributed by atoms with Crippen molar-refractivity contribution < 1.29 is 4.90 Å². The van der Waals surface area contributed by atoms with Gasteiger partial charge < -0.3 is 4.90 Å². The number of quaternary nitrogens is 1. The summed E-state index contributed by atoms with van der Waals surface area (Å²) in [4.78, 5) is 12.9. The van der Waals surface area contributed by atoms with Crippen molar-refractivity contribution in [1.29, 1.82) is 0 Å². The third-order valence-electron chi connectivity index (χ3n) is 1.73. The fraction of sp³-hybridized carbons (Fsp3) is 0.444. The summed E-state index contributed by atoms with van der Waals surface area (Å²) < 4.78 is -3.66. The van der Waals surface area contributed by atoms with Crippen LogP contribution in [0.3, 0.4) is 0 Å². The molecule has 0 spiro atoms. The van der Waals surface area contributed by atoms with Crippen molar-refractivity contribution in [3.63, 3.8) is 0 Å². The Hall–Kier alpha value is 0.450. The molecule has 0 atom stereocenters. The van der Waals surface area contributed by atoms with Gasteiger partial charge >= 0.3 is 0 Å². The van der Waals surface area contributed by atoms with E-state index in [1.165, 1.54) is 0 Å². The van der Waals surface area contributed by atoms with Crippen molar-refractivity contribution in [2.75, 3.05) is 14.1 Å². The molecule has 0 aromatic carbocycles. The highest BCUT2D eigenvalue weighted by Gasteiger charge is 2.33. The van der Waals surface area contributed by atoms with Crippen LogP contribution in [0.4, 0.5) is 0 Å². The van der Waals surface area contributed by atoms with Gasteiger partial charge in [-0.15, -0.1) is 0 Å². The maximum absolute atomic E-state index is 5.73. The molecular formula is C9H9Cl6N4+. The minimum Gasteiger partial charge on any atom is -0.313 e. The first-order valence-corrected chi connectivity index (χ1v) is 7.15. The van der Waals surface area contributed by atoms with E-state index in [0.717, 1.165) is 4.90 Å².